The van der Waals surface area contributed by atoms with Crippen LogP contribution < -0.4 is 10.6 Å². The highest BCUT2D eigenvalue weighted by Crippen LogP contribution is 2.35. The van der Waals surface area contributed by atoms with E-state index in [1.807, 2.05) is 6.20 Å². The minimum Gasteiger partial charge on any atom is -0.383 e. The zero-order valence-electron chi connectivity index (χ0n) is 23.2. The maximum Gasteiger partial charge on any atom is 0.166 e. The number of anilines is 2. The van der Waals surface area contributed by atoms with Gasteiger partial charge in [-0.05, 0) is 57.4 Å². The molecule has 1 saturated heterocycles. The van der Waals surface area contributed by atoms with Crippen LogP contribution in [0.4, 0.5) is 11.5 Å². The molecular weight excluding hydrogens is 484 g/mol. The number of hydrogen-bond donors (Lipinski definition) is 1. The van der Waals surface area contributed by atoms with Gasteiger partial charge in [0.25, 0.3) is 0 Å². The van der Waals surface area contributed by atoms with E-state index in [1.165, 1.54) is 44.6 Å². The fourth-order valence-electron chi connectivity index (χ4n) is 6.30. The molecule has 8 heteroatoms. The van der Waals surface area contributed by atoms with Crippen LogP contribution in [-0.4, -0.2) is 75.4 Å². The van der Waals surface area contributed by atoms with E-state index in [9.17, 15) is 0 Å². The van der Waals surface area contributed by atoms with E-state index < -0.39 is 0 Å². The zero-order chi connectivity index (χ0) is 26.8. The van der Waals surface area contributed by atoms with Crippen LogP contribution in [0.1, 0.15) is 44.2 Å². The average Bonchev–Trinajstić information content (AvgIpc) is 3.42. The van der Waals surface area contributed by atoms with Crippen LogP contribution in [0.2, 0.25) is 0 Å². The Morgan fingerprint density at radius 3 is 2.31 bits per heavy atom. The minimum absolute atomic E-state index is 0.342. The molecule has 39 heavy (non-hydrogen) atoms. The lowest BCUT2D eigenvalue weighted by molar-refractivity contribution is 0.0815. The summed E-state index contributed by atoms with van der Waals surface area (Å²) >= 11 is 0. The normalized spacial score (nSPS) is 20.9. The monoisotopic (exact) mass is 524 g/mol. The Morgan fingerprint density at radius 1 is 0.872 bits per heavy atom. The number of nitrogens with zero attached hydrogens (tertiary/aromatic N) is 7. The molecular formula is C31H40N8. The van der Waals surface area contributed by atoms with E-state index in [0.717, 1.165) is 48.2 Å². The highest BCUT2D eigenvalue weighted by Gasteiger charge is 2.30. The SMILES string of the molecule is CCN(Cc1ccccc1)c1ccccc1-c1nc(N)c2cnn([C@H]3CC[C@@H](N4CCN(C)CC4)CC3)c2n1. The van der Waals surface area contributed by atoms with Crippen molar-refractivity contribution in [1.29, 1.82) is 0 Å². The van der Waals surface area contributed by atoms with E-state index in [0.29, 0.717) is 23.7 Å². The van der Waals surface area contributed by atoms with Gasteiger partial charge in [-0.15, -0.1) is 0 Å². The van der Waals surface area contributed by atoms with Gasteiger partial charge in [-0.1, -0.05) is 42.5 Å². The Kier molecular flexibility index (Phi) is 7.48. The van der Waals surface area contributed by atoms with Crippen molar-refractivity contribution in [2.75, 3.05) is 50.4 Å². The molecule has 4 aromatic rings. The minimum atomic E-state index is 0.342. The van der Waals surface area contributed by atoms with Gasteiger partial charge in [0.2, 0.25) is 0 Å². The zero-order valence-corrected chi connectivity index (χ0v) is 23.2. The van der Waals surface area contributed by atoms with Gasteiger partial charge in [0, 0.05) is 56.6 Å². The predicted molar refractivity (Wildman–Crippen MR) is 159 cm³/mol. The first-order valence-corrected chi connectivity index (χ1v) is 14.4. The van der Waals surface area contributed by atoms with Crippen LogP contribution in [0.15, 0.2) is 60.8 Å². The first kappa shape index (κ1) is 25.8. The van der Waals surface area contributed by atoms with Gasteiger partial charge in [0.1, 0.15) is 5.82 Å². The second-order valence-electron chi connectivity index (χ2n) is 11.1. The molecule has 0 bridgehead atoms. The summed E-state index contributed by atoms with van der Waals surface area (Å²) < 4.78 is 2.13. The molecule has 2 N–H and O–H groups in total. The Bertz CT molecular complexity index is 1380. The number of fused-ring (bicyclic) bond motifs is 1. The summed E-state index contributed by atoms with van der Waals surface area (Å²) in [6.07, 6.45) is 6.49. The van der Waals surface area contributed by atoms with Crippen molar-refractivity contribution in [3.63, 3.8) is 0 Å². The molecule has 2 aromatic carbocycles. The maximum atomic E-state index is 6.52. The first-order valence-electron chi connectivity index (χ1n) is 14.4. The molecule has 2 fully saturated rings. The molecule has 0 amide bonds. The number of hydrogen-bond acceptors (Lipinski definition) is 7. The molecule has 204 valence electrons. The third-order valence-electron chi connectivity index (χ3n) is 8.63. The summed E-state index contributed by atoms with van der Waals surface area (Å²) in [4.78, 5) is 17.4. The number of aromatic nitrogens is 4. The Balaban J connectivity index is 1.27. The first-order chi connectivity index (χ1) is 19.1. The summed E-state index contributed by atoms with van der Waals surface area (Å²) in [5, 5.41) is 5.64. The number of rotatable bonds is 7. The van der Waals surface area contributed by atoms with Gasteiger partial charge in [0.05, 0.1) is 17.6 Å². The van der Waals surface area contributed by atoms with E-state index in [1.54, 1.807) is 0 Å². The lowest BCUT2D eigenvalue weighted by atomic mass is 9.90. The summed E-state index contributed by atoms with van der Waals surface area (Å²) in [5.74, 6) is 1.16. The second kappa shape index (κ2) is 11.3. The summed E-state index contributed by atoms with van der Waals surface area (Å²) in [5.41, 5.74) is 10.8. The second-order valence-corrected chi connectivity index (χ2v) is 11.1. The molecule has 6 rings (SSSR count). The largest absolute Gasteiger partial charge is 0.383 e. The third-order valence-corrected chi connectivity index (χ3v) is 8.63. The van der Waals surface area contributed by atoms with Gasteiger partial charge < -0.3 is 15.5 Å². The maximum absolute atomic E-state index is 6.52. The van der Waals surface area contributed by atoms with Crippen LogP contribution in [0.3, 0.4) is 0 Å². The summed E-state index contributed by atoms with van der Waals surface area (Å²) in [6.45, 7) is 8.59. The third kappa shape index (κ3) is 5.36. The number of piperazine rings is 1. The molecule has 0 spiro atoms. The van der Waals surface area contributed by atoms with E-state index in [2.05, 4.69) is 88.0 Å². The molecule has 1 aliphatic carbocycles. The lowest BCUT2D eigenvalue weighted by Gasteiger charge is -2.41. The highest BCUT2D eigenvalue weighted by molar-refractivity contribution is 5.88. The summed E-state index contributed by atoms with van der Waals surface area (Å²) in [7, 11) is 2.22. The van der Waals surface area contributed by atoms with Crippen molar-refractivity contribution in [3.8, 4) is 11.4 Å². The smallest absolute Gasteiger partial charge is 0.166 e. The van der Waals surface area contributed by atoms with Gasteiger partial charge in [-0.25, -0.2) is 14.6 Å². The fraction of sp³-hybridized carbons (Fsp3) is 0.452. The van der Waals surface area contributed by atoms with Gasteiger partial charge in [-0.2, -0.15) is 5.10 Å². The highest BCUT2D eigenvalue weighted by atomic mass is 15.3. The van der Waals surface area contributed by atoms with Crippen LogP contribution >= 0.6 is 0 Å². The van der Waals surface area contributed by atoms with Gasteiger partial charge >= 0.3 is 0 Å². The van der Waals surface area contributed by atoms with Crippen molar-refractivity contribution in [1.82, 2.24) is 29.5 Å². The molecule has 0 unspecified atom stereocenters. The Morgan fingerprint density at radius 2 is 1.56 bits per heavy atom. The quantitative estimate of drug-likeness (QED) is 0.371. The van der Waals surface area contributed by atoms with E-state index in [4.69, 9.17) is 20.8 Å². The van der Waals surface area contributed by atoms with Crippen molar-refractivity contribution in [3.05, 3.63) is 66.4 Å². The lowest BCUT2D eigenvalue weighted by Crippen LogP contribution is -2.49. The predicted octanol–water partition coefficient (Wildman–Crippen LogP) is 4.83. The van der Waals surface area contributed by atoms with Crippen LogP contribution in [0, 0.1) is 0 Å². The number of likely N-dealkylation sites (N-methyl/N-ethyl adjacent to an activating group) is 1. The van der Waals surface area contributed by atoms with Gasteiger partial charge in [-0.3, -0.25) is 4.90 Å². The average molecular weight is 525 g/mol. The molecule has 1 saturated carbocycles. The number of nitrogens with two attached hydrogens (primary N) is 1. The van der Waals surface area contributed by atoms with E-state index >= 15 is 0 Å². The van der Waals surface area contributed by atoms with Crippen molar-refractivity contribution in [2.24, 2.45) is 0 Å². The summed E-state index contributed by atoms with van der Waals surface area (Å²) in [6, 6.07) is 20.0. The number of benzene rings is 2. The standard InChI is InChI=1S/C31H40N8/c1-3-37(22-23-9-5-4-6-10-23)28-12-8-7-11-26(28)30-34-29(32)27-21-33-39(31(27)35-30)25-15-13-24(14-16-25)38-19-17-36(2)18-20-38/h4-12,21,24-25H,3,13-20,22H2,1-2H3,(H2,32,34,35)/t24-,25+. The van der Waals surface area contributed by atoms with Crippen LogP contribution in [0.25, 0.3) is 22.4 Å². The number of nitrogen functional groups attached to an aromatic ring is 1. The molecule has 0 atom stereocenters. The number of para-hydroxylation sites is 1. The van der Waals surface area contributed by atoms with Crippen molar-refractivity contribution >= 4 is 22.5 Å². The molecule has 3 heterocycles. The van der Waals surface area contributed by atoms with Crippen LogP contribution in [-0.2, 0) is 6.54 Å². The molecule has 0 radical (unpaired) electrons. The molecule has 1 aliphatic heterocycles. The van der Waals surface area contributed by atoms with Crippen molar-refractivity contribution < 1.29 is 0 Å². The van der Waals surface area contributed by atoms with Crippen molar-refractivity contribution in [2.45, 2.75) is 51.2 Å². The molecule has 2 aromatic heterocycles. The topological polar surface area (TPSA) is 79.3 Å². The Labute approximate surface area is 231 Å². The fourth-order valence-corrected chi connectivity index (χ4v) is 6.30. The Hall–Kier alpha value is -3.49. The van der Waals surface area contributed by atoms with Gasteiger partial charge in [0.15, 0.2) is 11.5 Å². The van der Waals surface area contributed by atoms with Crippen LogP contribution in [0.5, 0.6) is 0 Å². The van der Waals surface area contributed by atoms with E-state index in [-0.39, 0.29) is 0 Å². The molecule has 2 aliphatic rings. The molecule has 8 nitrogen and oxygen atoms in total.